The number of rotatable bonds is 6. The minimum atomic E-state index is 1.06. The third-order valence-electron chi connectivity index (χ3n) is 12.0. The molecule has 6 aromatic rings. The van der Waals surface area contributed by atoms with E-state index in [0.717, 1.165) is 12.0 Å². The van der Waals surface area contributed by atoms with Crippen molar-refractivity contribution in [1.29, 1.82) is 0 Å². The van der Waals surface area contributed by atoms with Crippen molar-refractivity contribution in [3.05, 3.63) is 245 Å². The molecule has 0 atom stereocenters. The van der Waals surface area contributed by atoms with Gasteiger partial charge in [-0.25, -0.2) is 0 Å². The van der Waals surface area contributed by atoms with Crippen molar-refractivity contribution in [2.75, 3.05) is 0 Å². The second-order valence-corrected chi connectivity index (χ2v) is 16.0. The Morgan fingerprint density at radius 2 is 1.11 bits per heavy atom. The lowest BCUT2D eigenvalue weighted by Gasteiger charge is -2.12. The third kappa shape index (κ3) is 11.3. The molecule has 0 aromatic heterocycles. The van der Waals surface area contributed by atoms with Crippen molar-refractivity contribution in [1.82, 2.24) is 0 Å². The smallest absolute Gasteiger partial charge is 0.00132 e. The molecular formula is C63H66. The molecule has 0 aliphatic heterocycles. The van der Waals surface area contributed by atoms with Gasteiger partial charge in [0.2, 0.25) is 0 Å². The van der Waals surface area contributed by atoms with E-state index in [1.807, 2.05) is 27.7 Å². The maximum Gasteiger partial charge on any atom is -0.00132 e. The van der Waals surface area contributed by atoms with E-state index in [9.17, 15) is 0 Å². The van der Waals surface area contributed by atoms with Crippen molar-refractivity contribution in [2.24, 2.45) is 0 Å². The molecule has 0 unspecified atom stereocenters. The van der Waals surface area contributed by atoms with Gasteiger partial charge < -0.3 is 0 Å². The van der Waals surface area contributed by atoms with E-state index in [0.29, 0.717) is 0 Å². The molecule has 6 aromatic carbocycles. The SMILES string of the molecule is C/C=C(\C=C(/C)c1ccccc1)c1cccc(-c2ccc(-c3ccccc3)cc2)c1.C1=CC2=C(CC1)CC1=C2CCC=C1.C=C(C)c1cccc2c1-c1ccccc1C2.CC.CC. The molecule has 318 valence electrons. The maximum atomic E-state index is 4.08. The first-order chi connectivity index (χ1) is 31.0. The zero-order chi connectivity index (χ0) is 44.6. The van der Waals surface area contributed by atoms with Gasteiger partial charge in [0.15, 0.2) is 0 Å². The van der Waals surface area contributed by atoms with E-state index in [-0.39, 0.29) is 0 Å². The fourth-order valence-electron chi connectivity index (χ4n) is 8.89. The van der Waals surface area contributed by atoms with Gasteiger partial charge in [-0.05, 0) is 154 Å². The van der Waals surface area contributed by atoms with Crippen LogP contribution < -0.4 is 0 Å². The van der Waals surface area contributed by atoms with Gasteiger partial charge in [0.05, 0.1) is 0 Å². The molecule has 4 aliphatic carbocycles. The Morgan fingerprint density at radius 3 is 1.83 bits per heavy atom. The third-order valence-corrected chi connectivity index (χ3v) is 12.0. The molecule has 0 N–H and O–H groups in total. The van der Waals surface area contributed by atoms with E-state index >= 15 is 0 Å². The molecule has 0 nitrogen and oxygen atoms in total. The molecular weight excluding hydrogens is 757 g/mol. The number of hydrogen-bond donors (Lipinski definition) is 0. The van der Waals surface area contributed by atoms with Crippen LogP contribution in [-0.4, -0.2) is 0 Å². The summed E-state index contributed by atoms with van der Waals surface area (Å²) >= 11 is 0. The Hall–Kier alpha value is -6.50. The Labute approximate surface area is 380 Å². The van der Waals surface area contributed by atoms with Crippen LogP contribution in [0.25, 0.3) is 50.1 Å². The number of fused-ring (bicyclic) bond motifs is 4. The van der Waals surface area contributed by atoms with Crippen LogP contribution in [0.3, 0.4) is 0 Å². The van der Waals surface area contributed by atoms with Crippen LogP contribution in [0.5, 0.6) is 0 Å². The topological polar surface area (TPSA) is 0 Å². The first-order valence-corrected chi connectivity index (χ1v) is 23.3. The van der Waals surface area contributed by atoms with Crippen LogP contribution in [0.1, 0.15) is 108 Å². The Kier molecular flexibility index (Phi) is 16.9. The van der Waals surface area contributed by atoms with Crippen molar-refractivity contribution >= 4 is 16.7 Å². The molecule has 0 bridgehead atoms. The van der Waals surface area contributed by atoms with Crippen LogP contribution in [0.4, 0.5) is 0 Å². The molecule has 0 saturated carbocycles. The van der Waals surface area contributed by atoms with Crippen molar-refractivity contribution in [2.45, 2.75) is 87.0 Å². The normalized spacial score (nSPS) is 14.2. The summed E-state index contributed by atoms with van der Waals surface area (Å²) < 4.78 is 0. The molecule has 0 amide bonds. The van der Waals surface area contributed by atoms with Gasteiger partial charge >= 0.3 is 0 Å². The fourth-order valence-corrected chi connectivity index (χ4v) is 8.89. The van der Waals surface area contributed by atoms with Crippen LogP contribution in [0, 0.1) is 0 Å². The second kappa shape index (κ2) is 23.1. The van der Waals surface area contributed by atoms with Gasteiger partial charge in [-0.15, -0.1) is 0 Å². The second-order valence-electron chi connectivity index (χ2n) is 16.0. The zero-order valence-corrected chi connectivity index (χ0v) is 38.8. The Balaban J connectivity index is 0.000000167. The highest BCUT2D eigenvalue weighted by atomic mass is 14.3. The van der Waals surface area contributed by atoms with Crippen LogP contribution >= 0.6 is 0 Å². The van der Waals surface area contributed by atoms with E-state index in [4.69, 9.17) is 0 Å². The average Bonchev–Trinajstić information content (AvgIpc) is 3.94. The van der Waals surface area contributed by atoms with Gasteiger partial charge in [0.1, 0.15) is 0 Å². The van der Waals surface area contributed by atoms with Crippen LogP contribution in [0.2, 0.25) is 0 Å². The van der Waals surface area contributed by atoms with E-state index < -0.39 is 0 Å². The molecule has 0 saturated heterocycles. The zero-order valence-electron chi connectivity index (χ0n) is 38.8. The predicted molar refractivity (Wildman–Crippen MR) is 279 cm³/mol. The molecule has 0 heteroatoms. The molecule has 0 spiro atoms. The number of benzene rings is 6. The monoisotopic (exact) mass is 823 g/mol. The largest absolute Gasteiger partial charge is 0.0955 e. The minimum Gasteiger partial charge on any atom is -0.0955 e. The van der Waals surface area contributed by atoms with Crippen LogP contribution in [-0.2, 0) is 6.42 Å². The fraction of sp³-hybridized carbons (Fsp3) is 0.206. The number of allylic oxidation sites excluding steroid dienone is 13. The number of hydrogen-bond acceptors (Lipinski definition) is 0. The lowest BCUT2D eigenvalue weighted by molar-refractivity contribution is 0.919. The van der Waals surface area contributed by atoms with Crippen molar-refractivity contribution in [3.8, 4) is 33.4 Å². The van der Waals surface area contributed by atoms with E-state index in [1.165, 1.54) is 104 Å². The summed E-state index contributed by atoms with van der Waals surface area (Å²) in [5.74, 6) is 0. The predicted octanol–water partition coefficient (Wildman–Crippen LogP) is 18.6. The summed E-state index contributed by atoms with van der Waals surface area (Å²) in [5.41, 5.74) is 24.6. The van der Waals surface area contributed by atoms with Gasteiger partial charge in [-0.2, -0.15) is 0 Å². The molecule has 63 heavy (non-hydrogen) atoms. The molecule has 0 heterocycles. The first-order valence-electron chi connectivity index (χ1n) is 23.3. The summed E-state index contributed by atoms with van der Waals surface area (Å²) in [6.07, 6.45) is 21.2. The summed E-state index contributed by atoms with van der Waals surface area (Å²) in [6, 6.07) is 53.9. The summed E-state index contributed by atoms with van der Waals surface area (Å²) in [6.45, 7) is 18.4. The van der Waals surface area contributed by atoms with Gasteiger partial charge in [0.25, 0.3) is 0 Å². The lowest BCUT2D eigenvalue weighted by Crippen LogP contribution is -1.92. The highest BCUT2D eigenvalue weighted by Gasteiger charge is 2.23. The highest BCUT2D eigenvalue weighted by molar-refractivity contribution is 5.87. The summed E-state index contributed by atoms with van der Waals surface area (Å²) in [7, 11) is 0. The van der Waals surface area contributed by atoms with Gasteiger partial charge in [-0.3, -0.25) is 0 Å². The average molecular weight is 823 g/mol. The first kappa shape index (κ1) is 46.0. The van der Waals surface area contributed by atoms with Crippen molar-refractivity contribution < 1.29 is 0 Å². The molecule has 0 fully saturated rings. The van der Waals surface area contributed by atoms with Gasteiger partial charge in [0, 0.05) is 0 Å². The summed E-state index contributed by atoms with van der Waals surface area (Å²) in [5, 5.41) is 0. The lowest BCUT2D eigenvalue weighted by atomic mass is 9.93. The molecule has 0 radical (unpaired) electrons. The maximum absolute atomic E-state index is 4.08. The molecule has 10 rings (SSSR count). The van der Waals surface area contributed by atoms with Gasteiger partial charge in [-0.1, -0.05) is 227 Å². The van der Waals surface area contributed by atoms with E-state index in [1.54, 1.807) is 22.3 Å². The Bertz CT molecular complexity index is 2650. The molecule has 4 aliphatic rings. The minimum absolute atomic E-state index is 1.06. The summed E-state index contributed by atoms with van der Waals surface area (Å²) in [4.78, 5) is 0. The van der Waals surface area contributed by atoms with Crippen LogP contribution in [0.15, 0.2) is 217 Å². The van der Waals surface area contributed by atoms with Crippen molar-refractivity contribution in [3.63, 3.8) is 0 Å². The van der Waals surface area contributed by atoms with E-state index in [2.05, 4.69) is 215 Å². The Morgan fingerprint density at radius 1 is 0.540 bits per heavy atom. The highest BCUT2D eigenvalue weighted by Crippen LogP contribution is 2.43. The standard InChI is InChI=1S/C30H26.C16H14.C13H14.2C2H6/c1-3-24(21-23(2)25-11-6-4-7-12-25)29-15-10-16-30(22-29)28-19-17-27(18-20-28)26-13-8-5-9-14-26;1-11(2)14-9-5-7-13-10-12-6-3-4-8-15(12)16(13)14;1-3-7-12-10(5-1)9-11-6-2-4-8-13(11)12;2*1-2/h3-22H,1-2H3;3-9H,1,10H2,2H3;1,4-5,8H,2-3,6-7,9H2;2*1-2H3/b23-21+,24-3+;;;;. The quantitative estimate of drug-likeness (QED) is 0.147.